The fourth-order valence-corrected chi connectivity index (χ4v) is 2.23. The quantitative estimate of drug-likeness (QED) is 0.624. The van der Waals surface area contributed by atoms with Crippen molar-refractivity contribution in [1.29, 1.82) is 0 Å². The molecule has 0 saturated heterocycles. The molecule has 0 fully saturated rings. The Balaban J connectivity index is 1.99. The number of carbonyl (C=O) groups excluding carboxylic acids is 1. The molecule has 1 heterocycles. The van der Waals surface area contributed by atoms with Crippen molar-refractivity contribution in [1.82, 2.24) is 15.5 Å². The number of aromatic amines is 1. The second-order valence-electron chi connectivity index (χ2n) is 5.11. The van der Waals surface area contributed by atoms with Crippen molar-refractivity contribution < 1.29 is 14.5 Å². The van der Waals surface area contributed by atoms with E-state index in [0.717, 1.165) is 16.9 Å². The van der Waals surface area contributed by atoms with Crippen molar-refractivity contribution in [3.63, 3.8) is 0 Å². The number of nitro groups is 1. The first-order valence-electron chi connectivity index (χ1n) is 7.05. The van der Waals surface area contributed by atoms with Gasteiger partial charge < -0.3 is 10.1 Å². The van der Waals surface area contributed by atoms with E-state index in [9.17, 15) is 14.9 Å². The number of benzene rings is 1. The van der Waals surface area contributed by atoms with E-state index in [1.165, 1.54) is 6.92 Å². The molecule has 8 nitrogen and oxygen atoms in total. The van der Waals surface area contributed by atoms with Crippen LogP contribution in [0, 0.1) is 24.0 Å². The van der Waals surface area contributed by atoms with Crippen molar-refractivity contribution in [3.05, 3.63) is 50.8 Å². The van der Waals surface area contributed by atoms with Gasteiger partial charge in [-0.1, -0.05) is 12.1 Å². The topological polar surface area (TPSA) is 110 Å². The molecule has 2 rings (SSSR count). The van der Waals surface area contributed by atoms with Crippen molar-refractivity contribution in [2.45, 2.75) is 20.3 Å². The number of ether oxygens (including phenoxy) is 1. The van der Waals surface area contributed by atoms with Gasteiger partial charge in [0.1, 0.15) is 11.4 Å². The number of rotatable bonds is 6. The maximum absolute atomic E-state index is 12.0. The first-order chi connectivity index (χ1) is 10.9. The molecule has 0 bridgehead atoms. The van der Waals surface area contributed by atoms with Crippen LogP contribution in [0.15, 0.2) is 18.2 Å². The summed E-state index contributed by atoms with van der Waals surface area (Å²) in [6.07, 6.45) is 0.583. The monoisotopic (exact) mass is 318 g/mol. The number of aromatic nitrogens is 2. The van der Waals surface area contributed by atoms with Gasteiger partial charge in [-0.25, -0.2) is 0 Å². The summed E-state index contributed by atoms with van der Waals surface area (Å²) in [6.45, 7) is 3.79. The van der Waals surface area contributed by atoms with E-state index in [-0.39, 0.29) is 17.1 Å². The minimum Gasteiger partial charge on any atom is -0.496 e. The van der Waals surface area contributed by atoms with Gasteiger partial charge in [-0.05, 0) is 37.5 Å². The lowest BCUT2D eigenvalue weighted by Crippen LogP contribution is -2.26. The smallest absolute Gasteiger partial charge is 0.322 e. The Morgan fingerprint density at radius 2 is 2.17 bits per heavy atom. The van der Waals surface area contributed by atoms with Gasteiger partial charge >= 0.3 is 5.69 Å². The molecule has 0 saturated carbocycles. The zero-order valence-corrected chi connectivity index (χ0v) is 13.2. The number of amides is 1. The predicted octanol–water partition coefficient (Wildman–Crippen LogP) is 1.92. The average Bonchev–Trinajstić information content (AvgIpc) is 2.90. The number of carbonyl (C=O) groups is 1. The summed E-state index contributed by atoms with van der Waals surface area (Å²) < 4.78 is 5.25. The molecular weight excluding hydrogens is 300 g/mol. The highest BCUT2D eigenvalue weighted by Crippen LogP contribution is 2.20. The summed E-state index contributed by atoms with van der Waals surface area (Å²) in [5, 5.41) is 19.8. The molecule has 1 amide bonds. The largest absolute Gasteiger partial charge is 0.496 e. The molecule has 23 heavy (non-hydrogen) atoms. The number of hydrogen-bond donors (Lipinski definition) is 2. The molecule has 0 aliphatic carbocycles. The fourth-order valence-electron chi connectivity index (χ4n) is 2.23. The lowest BCUT2D eigenvalue weighted by Gasteiger charge is -2.08. The third-order valence-corrected chi connectivity index (χ3v) is 3.48. The van der Waals surface area contributed by atoms with E-state index in [4.69, 9.17) is 4.74 Å². The number of aryl methyl sites for hydroxylation is 2. The zero-order valence-electron chi connectivity index (χ0n) is 13.2. The number of H-pyrrole nitrogens is 1. The van der Waals surface area contributed by atoms with Crippen molar-refractivity contribution in [3.8, 4) is 5.75 Å². The molecule has 2 aromatic rings. The second-order valence-corrected chi connectivity index (χ2v) is 5.11. The minimum absolute atomic E-state index is 0.200. The van der Waals surface area contributed by atoms with E-state index in [2.05, 4.69) is 15.5 Å². The van der Waals surface area contributed by atoms with Gasteiger partial charge in [-0.3, -0.25) is 20.0 Å². The maximum atomic E-state index is 12.0. The summed E-state index contributed by atoms with van der Waals surface area (Å²) >= 11 is 0. The van der Waals surface area contributed by atoms with Crippen LogP contribution in [0.3, 0.4) is 0 Å². The summed E-state index contributed by atoms with van der Waals surface area (Å²) in [5.41, 5.74) is 1.79. The standard InChI is InChI=1S/C15H18N4O4/c1-9-4-5-11(8-12(9)23-3)6-7-16-15(20)13-14(19(21)22)10(2)17-18-13/h4-5,8H,6-7H2,1-3H3,(H,16,20)(H,17,18). The van der Waals surface area contributed by atoms with Gasteiger partial charge in [-0.2, -0.15) is 5.10 Å². The lowest BCUT2D eigenvalue weighted by atomic mass is 10.1. The average molecular weight is 318 g/mol. The summed E-state index contributed by atoms with van der Waals surface area (Å²) in [5.74, 6) is 0.215. The van der Waals surface area contributed by atoms with Crippen molar-refractivity contribution >= 4 is 11.6 Å². The third-order valence-electron chi connectivity index (χ3n) is 3.48. The van der Waals surface area contributed by atoms with Gasteiger partial charge in [-0.15, -0.1) is 0 Å². The molecule has 0 unspecified atom stereocenters. The number of methoxy groups -OCH3 is 1. The molecule has 122 valence electrons. The highest BCUT2D eigenvalue weighted by atomic mass is 16.6. The molecule has 8 heteroatoms. The zero-order chi connectivity index (χ0) is 17.0. The van der Waals surface area contributed by atoms with Crippen LogP contribution in [-0.2, 0) is 6.42 Å². The van der Waals surface area contributed by atoms with E-state index in [0.29, 0.717) is 13.0 Å². The SMILES string of the molecule is COc1cc(CCNC(=O)c2n[nH]c(C)c2[N+](=O)[O-])ccc1C. The van der Waals surface area contributed by atoms with Crippen LogP contribution >= 0.6 is 0 Å². The van der Waals surface area contributed by atoms with Crippen LogP contribution in [0.2, 0.25) is 0 Å². The van der Waals surface area contributed by atoms with Gasteiger partial charge in [0.25, 0.3) is 5.91 Å². The van der Waals surface area contributed by atoms with Crippen molar-refractivity contribution in [2.75, 3.05) is 13.7 Å². The van der Waals surface area contributed by atoms with Crippen LogP contribution in [0.4, 0.5) is 5.69 Å². The molecule has 0 spiro atoms. The fraction of sp³-hybridized carbons (Fsp3) is 0.333. The van der Waals surface area contributed by atoms with Gasteiger partial charge in [0.2, 0.25) is 5.69 Å². The number of nitrogens with one attached hydrogen (secondary N) is 2. The van der Waals surface area contributed by atoms with Crippen LogP contribution in [-0.4, -0.2) is 34.7 Å². The van der Waals surface area contributed by atoms with E-state index >= 15 is 0 Å². The van der Waals surface area contributed by atoms with Gasteiger partial charge in [0, 0.05) is 6.54 Å². The Morgan fingerprint density at radius 1 is 1.43 bits per heavy atom. The van der Waals surface area contributed by atoms with E-state index in [1.807, 2.05) is 25.1 Å². The molecule has 2 N–H and O–H groups in total. The molecule has 0 aliphatic rings. The molecular formula is C15H18N4O4. The minimum atomic E-state index is -0.613. The first-order valence-corrected chi connectivity index (χ1v) is 7.05. The van der Waals surface area contributed by atoms with Crippen LogP contribution in [0.25, 0.3) is 0 Å². The third kappa shape index (κ3) is 3.65. The number of hydrogen-bond acceptors (Lipinski definition) is 5. The van der Waals surface area contributed by atoms with Gasteiger partial charge in [0.15, 0.2) is 0 Å². The van der Waals surface area contributed by atoms with Crippen LogP contribution < -0.4 is 10.1 Å². The highest BCUT2D eigenvalue weighted by molar-refractivity contribution is 5.96. The Morgan fingerprint density at radius 3 is 2.83 bits per heavy atom. The van der Waals surface area contributed by atoms with Gasteiger partial charge in [0.05, 0.1) is 12.0 Å². The Bertz CT molecular complexity index is 739. The maximum Gasteiger partial charge on any atom is 0.322 e. The summed E-state index contributed by atoms with van der Waals surface area (Å²) in [4.78, 5) is 22.4. The molecule has 1 aromatic carbocycles. The van der Waals surface area contributed by atoms with Crippen molar-refractivity contribution in [2.24, 2.45) is 0 Å². The summed E-state index contributed by atoms with van der Waals surface area (Å²) in [7, 11) is 1.60. The van der Waals surface area contributed by atoms with Crippen LogP contribution in [0.1, 0.15) is 27.3 Å². The molecule has 1 aromatic heterocycles. The van der Waals surface area contributed by atoms with E-state index < -0.39 is 10.8 Å². The van der Waals surface area contributed by atoms with Crippen LogP contribution in [0.5, 0.6) is 5.75 Å². The first kappa shape index (κ1) is 16.5. The second kappa shape index (κ2) is 6.91. The molecule has 0 atom stereocenters. The Labute approximate surface area is 133 Å². The Hall–Kier alpha value is -2.90. The summed E-state index contributed by atoms with van der Waals surface area (Å²) in [6, 6.07) is 5.80. The Kier molecular flexibility index (Phi) is 4.95. The number of nitrogens with zero attached hydrogens (tertiary/aromatic N) is 2. The highest BCUT2D eigenvalue weighted by Gasteiger charge is 2.26. The van der Waals surface area contributed by atoms with E-state index in [1.54, 1.807) is 7.11 Å². The normalized spacial score (nSPS) is 10.4. The predicted molar refractivity (Wildman–Crippen MR) is 83.7 cm³/mol. The molecule has 0 aliphatic heterocycles. The lowest BCUT2D eigenvalue weighted by molar-refractivity contribution is -0.385. The molecule has 0 radical (unpaired) electrons.